The average Bonchev–Trinajstić information content (AvgIpc) is 2.23. The first kappa shape index (κ1) is 12.8. The number of carbonyl (C=O) groups excluding carboxylic acids is 2. The Hall–Kier alpha value is -1.27. The molecule has 1 fully saturated rings. The van der Waals surface area contributed by atoms with Crippen LogP contribution in [0.5, 0.6) is 0 Å². The highest BCUT2D eigenvalue weighted by molar-refractivity contribution is 5.87. The lowest BCUT2D eigenvalue weighted by atomic mass is 10.2. The van der Waals surface area contributed by atoms with Gasteiger partial charge in [-0.1, -0.05) is 0 Å². The van der Waals surface area contributed by atoms with E-state index in [1.165, 1.54) is 0 Å². The number of nitrogens with one attached hydrogen (secondary N) is 1. The molecular formula is C9H13F3N2O2. The number of hydrogen-bond donors (Lipinski definition) is 1. The maximum absolute atomic E-state index is 12.0. The summed E-state index contributed by atoms with van der Waals surface area (Å²) in [4.78, 5) is 23.6. The summed E-state index contributed by atoms with van der Waals surface area (Å²) < 4.78 is 36.1. The summed E-state index contributed by atoms with van der Waals surface area (Å²) in [5.74, 6) is -0.780. The second-order valence-electron chi connectivity index (χ2n) is 3.78. The maximum Gasteiger partial charge on any atom is 0.390 e. The van der Waals surface area contributed by atoms with Gasteiger partial charge in [0, 0.05) is 19.0 Å². The van der Waals surface area contributed by atoms with Crippen LogP contribution in [0.3, 0.4) is 0 Å². The summed E-state index contributed by atoms with van der Waals surface area (Å²) in [7, 11) is 0. The molecule has 4 nitrogen and oxygen atoms in total. The van der Waals surface area contributed by atoms with Crippen molar-refractivity contribution in [3.63, 3.8) is 0 Å². The van der Waals surface area contributed by atoms with E-state index in [0.29, 0.717) is 0 Å². The van der Waals surface area contributed by atoms with Crippen molar-refractivity contribution in [3.8, 4) is 0 Å². The molecule has 0 aromatic rings. The number of alkyl halides is 3. The fourth-order valence-electron chi connectivity index (χ4n) is 1.56. The van der Waals surface area contributed by atoms with Crippen molar-refractivity contribution in [2.75, 3.05) is 13.1 Å². The van der Waals surface area contributed by atoms with Gasteiger partial charge in [-0.2, -0.15) is 13.2 Å². The highest BCUT2D eigenvalue weighted by atomic mass is 19.4. The average molecular weight is 238 g/mol. The smallest absolute Gasteiger partial charge is 0.347 e. The molecule has 0 aliphatic carbocycles. The summed E-state index contributed by atoms with van der Waals surface area (Å²) in [5.41, 5.74) is 0. The van der Waals surface area contributed by atoms with Gasteiger partial charge in [-0.15, -0.1) is 0 Å². The zero-order valence-corrected chi connectivity index (χ0v) is 8.80. The van der Waals surface area contributed by atoms with Crippen molar-refractivity contribution in [3.05, 3.63) is 0 Å². The predicted octanol–water partition coefficient (Wildman–Crippen LogP) is 0.676. The van der Waals surface area contributed by atoms with Crippen molar-refractivity contribution in [1.29, 1.82) is 0 Å². The molecule has 0 bridgehead atoms. The predicted molar refractivity (Wildman–Crippen MR) is 49.5 cm³/mol. The van der Waals surface area contributed by atoms with Crippen LogP contribution in [0.1, 0.15) is 19.8 Å². The first-order valence-corrected chi connectivity index (χ1v) is 4.92. The number of nitrogens with zero attached hydrogens (tertiary/aromatic N) is 1. The maximum atomic E-state index is 12.0. The third kappa shape index (κ3) is 3.71. The van der Waals surface area contributed by atoms with Crippen LogP contribution in [0.4, 0.5) is 13.2 Å². The standard InChI is InChI=1S/C9H13F3N2O2/c1-6-4-7(15)13-5-8(16)14(6)3-2-9(10,11)12/h6H,2-5H2,1H3,(H,13,15). The van der Waals surface area contributed by atoms with Crippen LogP contribution in [0.15, 0.2) is 0 Å². The van der Waals surface area contributed by atoms with Gasteiger partial charge in [0.25, 0.3) is 0 Å². The van der Waals surface area contributed by atoms with Crippen molar-refractivity contribution < 1.29 is 22.8 Å². The van der Waals surface area contributed by atoms with Crippen LogP contribution < -0.4 is 5.32 Å². The van der Waals surface area contributed by atoms with Crippen LogP contribution in [-0.4, -0.2) is 42.0 Å². The number of hydrogen-bond acceptors (Lipinski definition) is 2. The first-order valence-electron chi connectivity index (χ1n) is 4.92. The molecule has 1 rings (SSSR count). The summed E-state index contributed by atoms with van der Waals surface area (Å²) in [6.07, 6.45) is -5.29. The van der Waals surface area contributed by atoms with Crippen LogP contribution in [-0.2, 0) is 9.59 Å². The Morgan fingerprint density at radius 3 is 2.62 bits per heavy atom. The molecule has 92 valence electrons. The second kappa shape index (κ2) is 4.71. The highest BCUT2D eigenvalue weighted by Crippen LogP contribution is 2.21. The normalized spacial score (nSPS) is 23.0. The summed E-state index contributed by atoms with van der Waals surface area (Å²) in [5, 5.41) is 2.34. The molecule has 2 amide bonds. The first-order chi connectivity index (χ1) is 7.29. The molecule has 0 saturated carbocycles. The molecule has 1 unspecified atom stereocenters. The van der Waals surface area contributed by atoms with E-state index >= 15 is 0 Å². The van der Waals surface area contributed by atoms with Crippen LogP contribution in [0.25, 0.3) is 0 Å². The van der Waals surface area contributed by atoms with Crippen molar-refractivity contribution in [1.82, 2.24) is 10.2 Å². The van der Waals surface area contributed by atoms with Crippen molar-refractivity contribution in [2.45, 2.75) is 32.0 Å². The molecule has 0 aromatic carbocycles. The lowest BCUT2D eigenvalue weighted by molar-refractivity contribution is -0.146. The molecule has 1 saturated heterocycles. The molecule has 0 radical (unpaired) electrons. The highest BCUT2D eigenvalue weighted by Gasteiger charge is 2.32. The lowest BCUT2D eigenvalue weighted by Gasteiger charge is -2.26. The van der Waals surface area contributed by atoms with Gasteiger partial charge in [-0.3, -0.25) is 9.59 Å². The fraction of sp³-hybridized carbons (Fsp3) is 0.778. The van der Waals surface area contributed by atoms with Gasteiger partial charge in [-0.05, 0) is 6.92 Å². The van der Waals surface area contributed by atoms with Gasteiger partial charge >= 0.3 is 6.18 Å². The Morgan fingerprint density at radius 2 is 2.06 bits per heavy atom. The molecule has 1 heterocycles. The second-order valence-corrected chi connectivity index (χ2v) is 3.78. The molecule has 0 spiro atoms. The molecule has 1 aliphatic heterocycles. The summed E-state index contributed by atoms with van der Waals surface area (Å²) in [6.45, 7) is 0.957. The number of halogens is 3. The monoisotopic (exact) mass is 238 g/mol. The van der Waals surface area contributed by atoms with E-state index in [-0.39, 0.29) is 18.9 Å². The number of rotatable bonds is 2. The SMILES string of the molecule is CC1CC(=O)NCC(=O)N1CCC(F)(F)F. The Labute approximate surface area is 90.8 Å². The van der Waals surface area contributed by atoms with Gasteiger partial charge in [-0.25, -0.2) is 0 Å². The summed E-state index contributed by atoms with van der Waals surface area (Å²) in [6, 6.07) is -0.489. The Bertz CT molecular complexity index is 291. The Balaban J connectivity index is 2.61. The molecule has 16 heavy (non-hydrogen) atoms. The molecular weight excluding hydrogens is 225 g/mol. The fourth-order valence-corrected chi connectivity index (χ4v) is 1.56. The topological polar surface area (TPSA) is 49.4 Å². The van der Waals surface area contributed by atoms with Gasteiger partial charge < -0.3 is 10.2 Å². The van der Waals surface area contributed by atoms with Crippen molar-refractivity contribution >= 4 is 11.8 Å². The van der Waals surface area contributed by atoms with Gasteiger partial charge in [0.15, 0.2) is 0 Å². The quantitative estimate of drug-likeness (QED) is 0.769. The zero-order chi connectivity index (χ0) is 12.3. The molecule has 1 aliphatic rings. The Morgan fingerprint density at radius 1 is 1.44 bits per heavy atom. The van der Waals surface area contributed by atoms with E-state index in [0.717, 1.165) is 4.90 Å². The van der Waals surface area contributed by atoms with E-state index in [2.05, 4.69) is 5.32 Å². The van der Waals surface area contributed by atoms with Gasteiger partial charge in [0.2, 0.25) is 11.8 Å². The molecule has 0 aromatic heterocycles. The number of amides is 2. The zero-order valence-electron chi connectivity index (χ0n) is 8.80. The third-order valence-corrected chi connectivity index (χ3v) is 2.41. The van der Waals surface area contributed by atoms with Crippen molar-refractivity contribution in [2.24, 2.45) is 0 Å². The minimum absolute atomic E-state index is 0.0452. The van der Waals surface area contributed by atoms with Crippen LogP contribution in [0, 0.1) is 0 Å². The Kier molecular flexibility index (Phi) is 3.77. The third-order valence-electron chi connectivity index (χ3n) is 2.41. The number of carbonyl (C=O) groups is 2. The minimum atomic E-state index is -4.29. The largest absolute Gasteiger partial charge is 0.390 e. The molecule has 1 N–H and O–H groups in total. The van der Waals surface area contributed by atoms with E-state index in [1.807, 2.05) is 0 Å². The van der Waals surface area contributed by atoms with E-state index in [1.54, 1.807) is 6.92 Å². The van der Waals surface area contributed by atoms with Gasteiger partial charge in [0.1, 0.15) is 0 Å². The lowest BCUT2D eigenvalue weighted by Crippen LogP contribution is -2.41. The van der Waals surface area contributed by atoms with E-state index in [4.69, 9.17) is 0 Å². The van der Waals surface area contributed by atoms with Crippen LogP contribution >= 0.6 is 0 Å². The molecule has 7 heteroatoms. The van der Waals surface area contributed by atoms with E-state index < -0.39 is 31.1 Å². The van der Waals surface area contributed by atoms with Gasteiger partial charge in [0.05, 0.1) is 13.0 Å². The molecule has 1 atom stereocenters. The van der Waals surface area contributed by atoms with E-state index in [9.17, 15) is 22.8 Å². The van der Waals surface area contributed by atoms with Crippen LogP contribution in [0.2, 0.25) is 0 Å². The summed E-state index contributed by atoms with van der Waals surface area (Å²) >= 11 is 0. The minimum Gasteiger partial charge on any atom is -0.347 e.